The van der Waals surface area contributed by atoms with Gasteiger partial charge in [0, 0.05) is 6.54 Å². The van der Waals surface area contributed by atoms with Crippen LogP contribution in [-0.2, 0) is 9.59 Å². The van der Waals surface area contributed by atoms with E-state index in [1.54, 1.807) is 7.05 Å². The Balaban J connectivity index is 0. The van der Waals surface area contributed by atoms with Gasteiger partial charge in [-0.15, -0.1) is 0 Å². The number of allylic oxidation sites excluding steroid dienone is 3. The van der Waals surface area contributed by atoms with E-state index >= 15 is 0 Å². The highest BCUT2D eigenvalue weighted by Crippen LogP contribution is 2.16. The molecule has 7 heteroatoms. The third-order valence-corrected chi connectivity index (χ3v) is 4.29. The maximum atomic E-state index is 12.0. The molecule has 0 heterocycles. The minimum absolute atomic E-state index is 0.242. The zero-order valence-electron chi connectivity index (χ0n) is 16.7. The Morgan fingerprint density at radius 2 is 1.85 bits per heavy atom. The number of carboxylic acid groups (broad SMARTS) is 1. The molecule has 0 aliphatic heterocycles. The normalized spacial score (nSPS) is 13.5. The molecule has 2 atom stereocenters. The highest BCUT2D eigenvalue weighted by atomic mass is 32.2. The van der Waals surface area contributed by atoms with Gasteiger partial charge in [-0.2, -0.15) is 24.4 Å². The molecule has 0 saturated heterocycles. The fourth-order valence-corrected chi connectivity index (χ4v) is 2.01. The fourth-order valence-electron chi connectivity index (χ4n) is 1.86. The number of rotatable bonds is 12. The van der Waals surface area contributed by atoms with Crippen LogP contribution in [0.15, 0.2) is 24.3 Å². The van der Waals surface area contributed by atoms with Gasteiger partial charge < -0.3 is 15.7 Å². The van der Waals surface area contributed by atoms with E-state index in [0.29, 0.717) is 12.5 Å². The first-order valence-electron chi connectivity index (χ1n) is 8.92. The SMILES string of the molecule is CCSC.CNCC(/C=C/C(/C=C/CCS)C(C)C)C(=O)NCC(=O)O. The second-order valence-electron chi connectivity index (χ2n) is 6.00. The van der Waals surface area contributed by atoms with Gasteiger partial charge in [-0.05, 0) is 43.1 Å². The molecule has 0 aromatic carbocycles. The monoisotopic (exact) mass is 404 g/mol. The molecule has 152 valence electrons. The van der Waals surface area contributed by atoms with Crippen LogP contribution in [0.5, 0.6) is 0 Å². The fraction of sp³-hybridized carbons (Fsp3) is 0.684. The summed E-state index contributed by atoms with van der Waals surface area (Å²) in [7, 11) is 1.76. The Kier molecular flexibility index (Phi) is 19.8. The number of hydrogen-bond acceptors (Lipinski definition) is 5. The van der Waals surface area contributed by atoms with E-state index < -0.39 is 5.97 Å². The van der Waals surface area contributed by atoms with Gasteiger partial charge in [-0.1, -0.05) is 45.1 Å². The zero-order valence-corrected chi connectivity index (χ0v) is 18.4. The molecule has 0 radical (unpaired) electrons. The number of nitrogens with one attached hydrogen (secondary N) is 2. The largest absolute Gasteiger partial charge is 0.480 e. The third-order valence-electron chi connectivity index (χ3n) is 3.45. The van der Waals surface area contributed by atoms with Gasteiger partial charge in [0.2, 0.25) is 5.91 Å². The smallest absolute Gasteiger partial charge is 0.322 e. The van der Waals surface area contributed by atoms with Crippen LogP contribution in [-0.4, -0.2) is 54.9 Å². The van der Waals surface area contributed by atoms with Crippen molar-refractivity contribution in [3.63, 3.8) is 0 Å². The molecule has 0 spiro atoms. The topological polar surface area (TPSA) is 78.4 Å². The zero-order chi connectivity index (χ0) is 20.4. The number of carboxylic acids is 1. The van der Waals surface area contributed by atoms with E-state index in [4.69, 9.17) is 5.11 Å². The third kappa shape index (κ3) is 16.5. The van der Waals surface area contributed by atoms with E-state index in [9.17, 15) is 9.59 Å². The molecule has 0 aromatic rings. The van der Waals surface area contributed by atoms with E-state index in [2.05, 4.69) is 62.4 Å². The minimum Gasteiger partial charge on any atom is -0.480 e. The van der Waals surface area contributed by atoms with Gasteiger partial charge in [-0.3, -0.25) is 9.59 Å². The number of thioether (sulfide) groups is 1. The van der Waals surface area contributed by atoms with Gasteiger partial charge in [0.25, 0.3) is 0 Å². The molecule has 0 aliphatic rings. The summed E-state index contributed by atoms with van der Waals surface area (Å²) in [5.74, 6) is 0.996. The predicted molar refractivity (Wildman–Crippen MR) is 117 cm³/mol. The number of carbonyl (C=O) groups excluding carboxylic acids is 1. The average Bonchev–Trinajstić information content (AvgIpc) is 2.61. The summed E-state index contributed by atoms with van der Waals surface area (Å²) < 4.78 is 0. The van der Waals surface area contributed by atoms with Crippen molar-refractivity contribution in [1.29, 1.82) is 0 Å². The van der Waals surface area contributed by atoms with Crippen LogP contribution in [0.1, 0.15) is 27.2 Å². The lowest BCUT2D eigenvalue weighted by Gasteiger charge is -2.15. The maximum absolute atomic E-state index is 12.0. The number of carbonyl (C=O) groups is 2. The van der Waals surface area contributed by atoms with Crippen molar-refractivity contribution in [3.05, 3.63) is 24.3 Å². The Hall–Kier alpha value is -0.920. The van der Waals surface area contributed by atoms with Crippen molar-refractivity contribution in [3.8, 4) is 0 Å². The Bertz CT molecular complexity index is 425. The second-order valence-corrected chi connectivity index (χ2v) is 7.60. The Morgan fingerprint density at radius 3 is 2.27 bits per heavy atom. The maximum Gasteiger partial charge on any atom is 0.322 e. The summed E-state index contributed by atoms with van der Waals surface area (Å²) in [6, 6.07) is 0. The number of hydrogen-bond donors (Lipinski definition) is 4. The van der Waals surface area contributed by atoms with Gasteiger partial charge in [0.1, 0.15) is 6.54 Å². The summed E-state index contributed by atoms with van der Waals surface area (Å²) >= 11 is 6.03. The molecule has 0 fully saturated rings. The molecule has 0 saturated carbocycles. The average molecular weight is 405 g/mol. The van der Waals surface area contributed by atoms with Crippen molar-refractivity contribution in [2.75, 3.05) is 37.9 Å². The lowest BCUT2D eigenvalue weighted by atomic mass is 9.93. The summed E-state index contributed by atoms with van der Waals surface area (Å²) in [4.78, 5) is 22.5. The summed E-state index contributed by atoms with van der Waals surface area (Å²) in [6.07, 6.45) is 11.1. The molecular formula is C19H36N2O3S2. The lowest BCUT2D eigenvalue weighted by Crippen LogP contribution is -2.37. The lowest BCUT2D eigenvalue weighted by molar-refractivity contribution is -0.138. The molecule has 5 nitrogen and oxygen atoms in total. The minimum atomic E-state index is -1.05. The van der Waals surface area contributed by atoms with Gasteiger partial charge in [0.05, 0.1) is 5.92 Å². The number of thiol groups is 1. The van der Waals surface area contributed by atoms with Crippen LogP contribution < -0.4 is 10.6 Å². The van der Waals surface area contributed by atoms with Gasteiger partial charge in [-0.25, -0.2) is 0 Å². The first kappa shape index (κ1) is 27.3. The second kappa shape index (κ2) is 18.9. The number of aliphatic carboxylic acids is 1. The van der Waals surface area contributed by atoms with Crippen LogP contribution in [0.4, 0.5) is 0 Å². The van der Waals surface area contributed by atoms with E-state index in [0.717, 1.165) is 12.2 Å². The van der Waals surface area contributed by atoms with Crippen molar-refractivity contribution >= 4 is 36.3 Å². The van der Waals surface area contributed by atoms with Crippen molar-refractivity contribution in [1.82, 2.24) is 10.6 Å². The number of amides is 1. The summed E-state index contributed by atoms with van der Waals surface area (Å²) in [6.45, 7) is 6.50. The first-order valence-corrected chi connectivity index (χ1v) is 10.9. The highest BCUT2D eigenvalue weighted by molar-refractivity contribution is 7.98. The molecule has 0 bridgehead atoms. The summed E-state index contributed by atoms with van der Waals surface area (Å²) in [5.41, 5.74) is 0. The molecule has 1 amide bonds. The van der Waals surface area contributed by atoms with E-state index in [-0.39, 0.29) is 24.3 Å². The quantitative estimate of drug-likeness (QED) is 0.297. The van der Waals surface area contributed by atoms with Crippen molar-refractivity contribution < 1.29 is 14.7 Å². The van der Waals surface area contributed by atoms with Crippen molar-refractivity contribution in [2.24, 2.45) is 17.8 Å². The van der Waals surface area contributed by atoms with E-state index in [1.165, 1.54) is 5.75 Å². The standard InChI is InChI=1S/C16H28N2O3S.C3H8S/c1-12(2)13(6-4-5-9-22)7-8-14(10-17-3)16(21)18-11-15(19)20;1-3-4-2/h4,6-8,12-14,17,22H,5,9-11H2,1-3H3,(H,18,21)(H,19,20);3H2,1-2H3/b6-4+,8-7+;. The molecular weight excluding hydrogens is 368 g/mol. The predicted octanol–water partition coefficient (Wildman–Crippen LogP) is 3.10. The Morgan fingerprint density at radius 1 is 1.23 bits per heavy atom. The first-order chi connectivity index (χ1) is 12.3. The van der Waals surface area contributed by atoms with E-state index in [1.807, 2.05) is 23.9 Å². The van der Waals surface area contributed by atoms with Crippen LogP contribution >= 0.6 is 24.4 Å². The van der Waals surface area contributed by atoms with Crippen LogP contribution in [0.3, 0.4) is 0 Å². The van der Waals surface area contributed by atoms with Crippen LogP contribution in [0.2, 0.25) is 0 Å². The molecule has 2 unspecified atom stereocenters. The molecule has 0 aliphatic carbocycles. The van der Waals surface area contributed by atoms with Crippen LogP contribution in [0, 0.1) is 17.8 Å². The van der Waals surface area contributed by atoms with Crippen molar-refractivity contribution in [2.45, 2.75) is 27.2 Å². The molecule has 3 N–H and O–H groups in total. The van der Waals surface area contributed by atoms with Gasteiger partial charge in [0.15, 0.2) is 0 Å². The Labute approximate surface area is 168 Å². The molecule has 0 rings (SSSR count). The van der Waals surface area contributed by atoms with Gasteiger partial charge >= 0.3 is 5.97 Å². The molecule has 26 heavy (non-hydrogen) atoms. The summed E-state index contributed by atoms with van der Waals surface area (Å²) in [5, 5.41) is 14.0. The highest BCUT2D eigenvalue weighted by Gasteiger charge is 2.16. The molecule has 0 aromatic heterocycles. The van der Waals surface area contributed by atoms with Crippen LogP contribution in [0.25, 0.3) is 0 Å².